The number of aldehydes is 1. The second kappa shape index (κ2) is 8.90. The first kappa shape index (κ1) is 15.9. The van der Waals surface area contributed by atoms with Crippen LogP contribution in [0.25, 0.3) is 0 Å². The summed E-state index contributed by atoms with van der Waals surface area (Å²) in [5.74, 6) is -0.361. The molecule has 0 bridgehead atoms. The van der Waals surface area contributed by atoms with Gasteiger partial charge in [-0.05, 0) is 18.6 Å². The Hall–Kier alpha value is -2.11. The summed E-state index contributed by atoms with van der Waals surface area (Å²) < 4.78 is 14.9. The minimum atomic E-state index is -0.513. The number of hydrogen-bond acceptors (Lipinski definition) is 6. The Morgan fingerprint density at radius 1 is 1.20 bits per heavy atom. The molecule has 0 saturated carbocycles. The van der Waals surface area contributed by atoms with Crippen LogP contribution >= 0.6 is 0 Å². The molecule has 0 spiro atoms. The Bertz CT molecular complexity index is 448. The first-order chi connectivity index (χ1) is 9.65. The van der Waals surface area contributed by atoms with Crippen molar-refractivity contribution in [2.75, 3.05) is 6.61 Å². The van der Waals surface area contributed by atoms with E-state index in [2.05, 4.69) is 0 Å². The van der Waals surface area contributed by atoms with Crippen LogP contribution in [0.15, 0.2) is 16.5 Å². The van der Waals surface area contributed by atoms with Gasteiger partial charge in [-0.15, -0.1) is 0 Å². The van der Waals surface area contributed by atoms with E-state index in [0.29, 0.717) is 18.7 Å². The first-order valence-electron chi connectivity index (χ1n) is 6.50. The number of rotatable bonds is 9. The van der Waals surface area contributed by atoms with Crippen molar-refractivity contribution in [3.8, 4) is 0 Å². The van der Waals surface area contributed by atoms with E-state index < -0.39 is 11.9 Å². The van der Waals surface area contributed by atoms with E-state index in [4.69, 9.17) is 13.9 Å². The smallest absolute Gasteiger partial charge is 0.306 e. The van der Waals surface area contributed by atoms with Crippen molar-refractivity contribution in [1.82, 2.24) is 0 Å². The fourth-order valence-electron chi connectivity index (χ4n) is 1.37. The molecule has 0 atom stereocenters. The second-order valence-corrected chi connectivity index (χ2v) is 4.16. The molecular weight excluding hydrogens is 264 g/mol. The van der Waals surface area contributed by atoms with E-state index in [-0.39, 0.29) is 25.2 Å². The maximum absolute atomic E-state index is 11.4. The van der Waals surface area contributed by atoms with Gasteiger partial charge in [0, 0.05) is 0 Å². The van der Waals surface area contributed by atoms with Gasteiger partial charge in [0.2, 0.25) is 0 Å². The maximum Gasteiger partial charge on any atom is 0.306 e. The summed E-state index contributed by atoms with van der Waals surface area (Å²) in [4.78, 5) is 33.0. The number of unbranched alkanes of at least 4 members (excludes halogenated alkanes) is 1. The normalized spacial score (nSPS) is 10.1. The molecule has 6 heteroatoms. The van der Waals surface area contributed by atoms with Crippen LogP contribution in [-0.4, -0.2) is 24.8 Å². The van der Waals surface area contributed by atoms with Crippen molar-refractivity contribution in [2.45, 2.75) is 39.2 Å². The van der Waals surface area contributed by atoms with Gasteiger partial charge in [0.15, 0.2) is 12.0 Å². The van der Waals surface area contributed by atoms with Crippen molar-refractivity contribution in [1.29, 1.82) is 0 Å². The standard InChI is InChI=1S/C14H18O6/c1-2-3-8-18-13(16)6-7-14(17)19-10-12-5-4-11(9-15)20-12/h4-5,9H,2-3,6-8,10H2,1H3. The monoisotopic (exact) mass is 282 g/mol. The molecule has 0 fully saturated rings. The fraction of sp³-hybridized carbons (Fsp3) is 0.500. The quantitative estimate of drug-likeness (QED) is 0.392. The first-order valence-corrected chi connectivity index (χ1v) is 6.50. The third kappa shape index (κ3) is 6.17. The molecular formula is C14H18O6. The van der Waals surface area contributed by atoms with Crippen molar-refractivity contribution in [3.05, 3.63) is 23.7 Å². The minimum absolute atomic E-state index is 0.000288. The zero-order valence-corrected chi connectivity index (χ0v) is 11.4. The molecule has 110 valence electrons. The maximum atomic E-state index is 11.4. The van der Waals surface area contributed by atoms with Crippen LogP contribution in [0.2, 0.25) is 0 Å². The molecule has 0 aromatic carbocycles. The molecule has 0 saturated heterocycles. The highest BCUT2D eigenvalue weighted by Gasteiger charge is 2.10. The van der Waals surface area contributed by atoms with Crippen molar-refractivity contribution in [3.63, 3.8) is 0 Å². The Morgan fingerprint density at radius 2 is 1.90 bits per heavy atom. The molecule has 0 unspecified atom stereocenters. The minimum Gasteiger partial charge on any atom is -0.466 e. The summed E-state index contributed by atoms with van der Waals surface area (Å²) in [6, 6.07) is 3.04. The molecule has 0 aliphatic rings. The lowest BCUT2D eigenvalue weighted by atomic mass is 10.3. The highest BCUT2D eigenvalue weighted by atomic mass is 16.5. The van der Waals surface area contributed by atoms with Gasteiger partial charge in [-0.25, -0.2) is 0 Å². The van der Waals surface area contributed by atoms with Crippen LogP contribution in [0, 0.1) is 0 Å². The molecule has 0 N–H and O–H groups in total. The molecule has 1 aromatic rings. The molecule has 0 aliphatic carbocycles. The van der Waals surface area contributed by atoms with E-state index in [0.717, 1.165) is 12.8 Å². The zero-order chi connectivity index (χ0) is 14.8. The summed E-state index contributed by atoms with van der Waals surface area (Å²) in [6.07, 6.45) is 2.29. The summed E-state index contributed by atoms with van der Waals surface area (Å²) in [5, 5.41) is 0. The van der Waals surface area contributed by atoms with Gasteiger partial charge in [0.25, 0.3) is 0 Å². The summed E-state index contributed by atoms with van der Waals surface area (Å²) in [5.41, 5.74) is 0. The Kier molecular flexibility index (Phi) is 7.10. The zero-order valence-electron chi connectivity index (χ0n) is 11.4. The van der Waals surface area contributed by atoms with Crippen LogP contribution in [0.4, 0.5) is 0 Å². The lowest BCUT2D eigenvalue weighted by Gasteiger charge is -2.04. The predicted octanol–water partition coefficient (Wildman–Crippen LogP) is 2.26. The molecule has 6 nitrogen and oxygen atoms in total. The van der Waals surface area contributed by atoms with E-state index >= 15 is 0 Å². The molecule has 1 heterocycles. The topological polar surface area (TPSA) is 82.8 Å². The van der Waals surface area contributed by atoms with Gasteiger partial charge in [-0.3, -0.25) is 14.4 Å². The van der Waals surface area contributed by atoms with Gasteiger partial charge in [-0.1, -0.05) is 13.3 Å². The second-order valence-electron chi connectivity index (χ2n) is 4.16. The average Bonchev–Trinajstić information content (AvgIpc) is 2.91. The van der Waals surface area contributed by atoms with Crippen molar-refractivity contribution >= 4 is 18.2 Å². The lowest BCUT2D eigenvalue weighted by Crippen LogP contribution is -2.10. The van der Waals surface area contributed by atoms with E-state index in [1.807, 2.05) is 6.92 Å². The summed E-state index contributed by atoms with van der Waals surface area (Å²) in [7, 11) is 0. The number of furan rings is 1. The Balaban J connectivity index is 2.16. The fourth-order valence-corrected chi connectivity index (χ4v) is 1.37. The van der Waals surface area contributed by atoms with E-state index in [1.165, 1.54) is 6.07 Å². The number of hydrogen-bond donors (Lipinski definition) is 0. The number of ether oxygens (including phenoxy) is 2. The SMILES string of the molecule is CCCCOC(=O)CCC(=O)OCc1ccc(C=O)o1. The number of esters is 2. The highest BCUT2D eigenvalue weighted by Crippen LogP contribution is 2.08. The number of carbonyl (C=O) groups excluding carboxylic acids is 3. The highest BCUT2D eigenvalue weighted by molar-refractivity contribution is 5.77. The van der Waals surface area contributed by atoms with Gasteiger partial charge in [0.1, 0.15) is 12.4 Å². The Morgan fingerprint density at radius 3 is 2.50 bits per heavy atom. The van der Waals surface area contributed by atoms with E-state index in [1.54, 1.807) is 6.07 Å². The van der Waals surface area contributed by atoms with Crippen LogP contribution in [-0.2, 0) is 25.7 Å². The van der Waals surface area contributed by atoms with Gasteiger partial charge in [0.05, 0.1) is 19.4 Å². The lowest BCUT2D eigenvalue weighted by molar-refractivity contribution is -0.151. The molecule has 0 aliphatic heterocycles. The molecule has 0 radical (unpaired) electrons. The van der Waals surface area contributed by atoms with E-state index in [9.17, 15) is 14.4 Å². The molecule has 0 amide bonds. The summed E-state index contributed by atoms with van der Waals surface area (Å²) in [6.45, 7) is 2.32. The third-order valence-electron chi connectivity index (χ3n) is 2.47. The van der Waals surface area contributed by atoms with Crippen LogP contribution in [0.3, 0.4) is 0 Å². The van der Waals surface area contributed by atoms with Crippen molar-refractivity contribution in [2.24, 2.45) is 0 Å². The van der Waals surface area contributed by atoms with Crippen LogP contribution < -0.4 is 0 Å². The molecule has 20 heavy (non-hydrogen) atoms. The largest absolute Gasteiger partial charge is 0.466 e. The third-order valence-corrected chi connectivity index (χ3v) is 2.47. The summed E-state index contributed by atoms with van der Waals surface area (Å²) >= 11 is 0. The van der Waals surface area contributed by atoms with Gasteiger partial charge < -0.3 is 13.9 Å². The van der Waals surface area contributed by atoms with Gasteiger partial charge >= 0.3 is 11.9 Å². The molecule has 1 rings (SSSR count). The van der Waals surface area contributed by atoms with Gasteiger partial charge in [-0.2, -0.15) is 0 Å². The number of carbonyl (C=O) groups is 3. The Labute approximate surface area is 117 Å². The van der Waals surface area contributed by atoms with Crippen molar-refractivity contribution < 1.29 is 28.3 Å². The average molecular weight is 282 g/mol. The predicted molar refractivity (Wildman–Crippen MR) is 69.0 cm³/mol. The molecule has 1 aromatic heterocycles. The van der Waals surface area contributed by atoms with Crippen LogP contribution in [0.1, 0.15) is 48.9 Å². The van der Waals surface area contributed by atoms with Crippen LogP contribution in [0.5, 0.6) is 0 Å².